The predicted octanol–water partition coefficient (Wildman–Crippen LogP) is 2.98. The molecular formula is C25H27N3O5. The summed E-state index contributed by atoms with van der Waals surface area (Å²) in [4.78, 5) is 42.6. The number of fused-ring (bicyclic) bond motifs is 2. The van der Waals surface area contributed by atoms with Gasteiger partial charge in [0.1, 0.15) is 5.82 Å². The van der Waals surface area contributed by atoms with Crippen molar-refractivity contribution in [2.24, 2.45) is 0 Å². The largest absolute Gasteiger partial charge is 0.454 e. The highest BCUT2D eigenvalue weighted by molar-refractivity contribution is 6.01. The molecule has 2 aliphatic heterocycles. The van der Waals surface area contributed by atoms with Crippen molar-refractivity contribution in [2.75, 3.05) is 13.2 Å². The molecule has 2 aromatic heterocycles. The Labute approximate surface area is 191 Å². The third kappa shape index (κ3) is 3.99. The number of ether oxygens (including phenoxy) is 2. The lowest BCUT2D eigenvalue weighted by Gasteiger charge is -2.14. The Morgan fingerprint density at radius 3 is 2.85 bits per heavy atom. The van der Waals surface area contributed by atoms with Gasteiger partial charge in [-0.2, -0.15) is 0 Å². The Morgan fingerprint density at radius 1 is 1.21 bits per heavy atom. The second-order valence-electron chi connectivity index (χ2n) is 8.85. The van der Waals surface area contributed by atoms with E-state index in [1.807, 2.05) is 19.9 Å². The van der Waals surface area contributed by atoms with Crippen LogP contribution in [0.1, 0.15) is 57.2 Å². The fourth-order valence-corrected chi connectivity index (χ4v) is 4.86. The van der Waals surface area contributed by atoms with Gasteiger partial charge in [0, 0.05) is 43.1 Å². The molecule has 2 aliphatic rings. The molecule has 3 aromatic rings. The van der Waals surface area contributed by atoms with Gasteiger partial charge in [0.05, 0.1) is 22.6 Å². The highest BCUT2D eigenvalue weighted by Gasteiger charge is 2.22. The molecular weight excluding hydrogens is 422 g/mol. The lowest BCUT2D eigenvalue weighted by molar-refractivity contribution is 0.0474. The highest BCUT2D eigenvalue weighted by atomic mass is 16.5. The quantitative estimate of drug-likeness (QED) is 0.424. The predicted molar refractivity (Wildman–Crippen MR) is 122 cm³/mol. The number of nitrogens with zero attached hydrogens (tertiary/aromatic N) is 3. The van der Waals surface area contributed by atoms with Gasteiger partial charge in [0.2, 0.25) is 5.78 Å². The summed E-state index contributed by atoms with van der Waals surface area (Å²) in [6, 6.07) is 6.56. The van der Waals surface area contributed by atoms with Crippen LogP contribution in [-0.2, 0) is 29.0 Å². The summed E-state index contributed by atoms with van der Waals surface area (Å²) in [6.45, 7) is 5.71. The van der Waals surface area contributed by atoms with Crippen LogP contribution in [0.2, 0.25) is 0 Å². The van der Waals surface area contributed by atoms with E-state index >= 15 is 0 Å². The van der Waals surface area contributed by atoms with Gasteiger partial charge in [-0.15, -0.1) is 0 Å². The number of carbonyl (C=O) groups excluding carboxylic acids is 2. The zero-order valence-electron chi connectivity index (χ0n) is 18.9. The molecule has 1 saturated heterocycles. The number of ketones is 1. The van der Waals surface area contributed by atoms with Crippen molar-refractivity contribution >= 4 is 22.7 Å². The summed E-state index contributed by atoms with van der Waals surface area (Å²) in [5, 5.41) is 0.479. The number of aryl methyl sites for hydroxylation is 2. The van der Waals surface area contributed by atoms with E-state index < -0.39 is 5.97 Å². The fourth-order valence-electron chi connectivity index (χ4n) is 4.86. The maximum Gasteiger partial charge on any atom is 0.338 e. The first-order valence-electron chi connectivity index (χ1n) is 11.4. The Bertz CT molecular complexity index is 1310. The molecule has 8 nitrogen and oxygen atoms in total. The first kappa shape index (κ1) is 21.6. The third-order valence-corrected chi connectivity index (χ3v) is 6.67. The standard InChI is InChI=1S/C25H27N3O5/c1-15-11-20(16(2)28(15)13-18-5-4-10-32-18)22(29)14-33-25(31)17-7-8-19-21(12-17)26-23-6-3-9-27(23)24(19)30/h7-8,11-12,18H,3-6,9-10,13-14H2,1-2H3. The Morgan fingerprint density at radius 2 is 2.06 bits per heavy atom. The molecule has 1 fully saturated rings. The van der Waals surface area contributed by atoms with Crippen molar-refractivity contribution in [1.82, 2.24) is 14.1 Å². The maximum absolute atomic E-state index is 12.8. The molecule has 0 bridgehead atoms. The molecule has 0 spiro atoms. The smallest absolute Gasteiger partial charge is 0.338 e. The molecule has 1 unspecified atom stereocenters. The average Bonchev–Trinajstić information content (AvgIpc) is 3.55. The Balaban J connectivity index is 1.29. The van der Waals surface area contributed by atoms with E-state index in [0.717, 1.165) is 56.0 Å². The molecule has 0 aliphatic carbocycles. The van der Waals surface area contributed by atoms with Crippen LogP contribution in [0.25, 0.3) is 10.9 Å². The minimum absolute atomic E-state index is 0.0824. The van der Waals surface area contributed by atoms with E-state index in [4.69, 9.17) is 9.47 Å². The number of esters is 1. The number of aromatic nitrogens is 3. The van der Waals surface area contributed by atoms with Crippen LogP contribution in [0.5, 0.6) is 0 Å². The lowest BCUT2D eigenvalue weighted by Crippen LogP contribution is -2.21. The molecule has 5 rings (SSSR count). The van der Waals surface area contributed by atoms with Gasteiger partial charge >= 0.3 is 5.97 Å². The van der Waals surface area contributed by atoms with Gasteiger partial charge in [0.25, 0.3) is 5.56 Å². The van der Waals surface area contributed by atoms with Crippen molar-refractivity contribution in [3.63, 3.8) is 0 Å². The summed E-state index contributed by atoms with van der Waals surface area (Å²) in [5.41, 5.74) is 3.06. The summed E-state index contributed by atoms with van der Waals surface area (Å²) in [5.74, 6) is -0.114. The maximum atomic E-state index is 12.8. The first-order chi connectivity index (χ1) is 15.9. The lowest BCUT2D eigenvalue weighted by atomic mass is 10.1. The molecule has 0 amide bonds. The van der Waals surface area contributed by atoms with E-state index in [-0.39, 0.29) is 29.6 Å². The number of hydrogen-bond acceptors (Lipinski definition) is 6. The van der Waals surface area contributed by atoms with Crippen LogP contribution < -0.4 is 5.56 Å². The molecule has 0 N–H and O–H groups in total. The molecule has 0 saturated carbocycles. The van der Waals surface area contributed by atoms with Crippen molar-refractivity contribution < 1.29 is 19.1 Å². The summed E-state index contributed by atoms with van der Waals surface area (Å²) in [6.07, 6.45) is 3.90. The molecule has 33 heavy (non-hydrogen) atoms. The molecule has 0 radical (unpaired) electrons. The monoisotopic (exact) mass is 449 g/mol. The van der Waals surface area contributed by atoms with Crippen molar-refractivity contribution in [1.29, 1.82) is 0 Å². The van der Waals surface area contributed by atoms with Crippen LogP contribution >= 0.6 is 0 Å². The average molecular weight is 450 g/mol. The zero-order valence-corrected chi connectivity index (χ0v) is 18.9. The first-order valence-corrected chi connectivity index (χ1v) is 11.4. The Hall–Kier alpha value is -3.26. The van der Waals surface area contributed by atoms with E-state index in [1.165, 1.54) is 0 Å². The molecule has 1 atom stereocenters. The van der Waals surface area contributed by atoms with E-state index in [0.29, 0.717) is 23.0 Å². The topological polar surface area (TPSA) is 92.4 Å². The summed E-state index contributed by atoms with van der Waals surface area (Å²) < 4.78 is 14.8. The van der Waals surface area contributed by atoms with Gasteiger partial charge in [-0.1, -0.05) is 0 Å². The van der Waals surface area contributed by atoms with Gasteiger partial charge < -0.3 is 14.0 Å². The van der Waals surface area contributed by atoms with Crippen LogP contribution in [0.3, 0.4) is 0 Å². The summed E-state index contributed by atoms with van der Waals surface area (Å²) in [7, 11) is 0. The van der Waals surface area contributed by atoms with Crippen molar-refractivity contribution in [3.8, 4) is 0 Å². The minimum atomic E-state index is -0.610. The number of carbonyl (C=O) groups is 2. The SMILES string of the molecule is Cc1cc(C(=O)COC(=O)c2ccc3c(=O)n4c(nc3c2)CCC4)c(C)n1CC1CCCO1. The van der Waals surface area contributed by atoms with Gasteiger partial charge in [-0.3, -0.25) is 14.2 Å². The molecule has 8 heteroatoms. The van der Waals surface area contributed by atoms with E-state index in [9.17, 15) is 14.4 Å². The Kier molecular flexibility index (Phi) is 5.62. The summed E-state index contributed by atoms with van der Waals surface area (Å²) >= 11 is 0. The highest BCUT2D eigenvalue weighted by Crippen LogP contribution is 2.21. The number of hydrogen-bond donors (Lipinski definition) is 0. The van der Waals surface area contributed by atoms with Crippen molar-refractivity contribution in [3.05, 3.63) is 63.0 Å². The zero-order chi connectivity index (χ0) is 23.1. The normalized spacial score (nSPS) is 17.5. The van der Waals surface area contributed by atoms with Gasteiger partial charge in [-0.25, -0.2) is 9.78 Å². The van der Waals surface area contributed by atoms with Crippen molar-refractivity contribution in [2.45, 2.75) is 58.7 Å². The van der Waals surface area contributed by atoms with Gasteiger partial charge in [-0.05, 0) is 57.4 Å². The van der Waals surface area contributed by atoms with Gasteiger partial charge in [0.15, 0.2) is 6.61 Å². The number of rotatable bonds is 6. The third-order valence-electron chi connectivity index (χ3n) is 6.67. The second-order valence-corrected chi connectivity index (χ2v) is 8.85. The van der Waals surface area contributed by atoms with Crippen LogP contribution in [0.15, 0.2) is 29.1 Å². The minimum Gasteiger partial charge on any atom is -0.454 e. The van der Waals surface area contributed by atoms with E-state index in [2.05, 4.69) is 9.55 Å². The molecule has 1 aromatic carbocycles. The van der Waals surface area contributed by atoms with Crippen LogP contribution in [0, 0.1) is 13.8 Å². The van der Waals surface area contributed by atoms with Crippen LogP contribution in [0.4, 0.5) is 0 Å². The fraction of sp³-hybridized carbons (Fsp3) is 0.440. The number of benzene rings is 1. The number of Topliss-reactive ketones (excluding diaryl/α,β-unsaturated/α-hetero) is 1. The molecule has 172 valence electrons. The van der Waals surface area contributed by atoms with E-state index in [1.54, 1.807) is 22.8 Å². The molecule has 4 heterocycles. The van der Waals surface area contributed by atoms with Crippen LogP contribution in [-0.4, -0.2) is 45.2 Å². The second kappa shape index (κ2) is 8.59.